The van der Waals surface area contributed by atoms with Crippen molar-refractivity contribution in [3.63, 3.8) is 0 Å². The van der Waals surface area contributed by atoms with Crippen molar-refractivity contribution in [2.45, 2.75) is 51.1 Å². The molecule has 2 aliphatic heterocycles. The van der Waals surface area contributed by atoms with Gasteiger partial charge in [-0.15, -0.1) is 0 Å². The summed E-state index contributed by atoms with van der Waals surface area (Å²) in [6, 6.07) is 7.30. The summed E-state index contributed by atoms with van der Waals surface area (Å²) in [5, 5.41) is 9.13. The lowest BCUT2D eigenvalue weighted by Crippen LogP contribution is -2.33. The number of benzene rings is 1. The quantitative estimate of drug-likeness (QED) is 0.928. The number of imidazole rings is 1. The van der Waals surface area contributed by atoms with Gasteiger partial charge in [-0.3, -0.25) is 4.90 Å². The molecular formula is C20H25N3O2. The van der Waals surface area contributed by atoms with E-state index < -0.39 is 5.97 Å². The largest absolute Gasteiger partial charge is 0.478 e. The number of piperidine rings is 1. The molecule has 4 rings (SSSR count). The molecule has 0 aliphatic carbocycles. The highest BCUT2D eigenvalue weighted by atomic mass is 16.4. The average Bonchev–Trinajstić information content (AvgIpc) is 3.07. The van der Waals surface area contributed by atoms with Gasteiger partial charge in [-0.05, 0) is 62.9 Å². The summed E-state index contributed by atoms with van der Waals surface area (Å²) >= 11 is 0. The number of aromatic nitrogens is 2. The lowest BCUT2D eigenvalue weighted by Gasteiger charge is -2.32. The Labute approximate surface area is 148 Å². The van der Waals surface area contributed by atoms with E-state index >= 15 is 0 Å². The summed E-state index contributed by atoms with van der Waals surface area (Å²) in [7, 11) is 0. The molecule has 2 aliphatic rings. The molecule has 5 nitrogen and oxygen atoms in total. The topological polar surface area (TPSA) is 58.4 Å². The third-order valence-corrected chi connectivity index (χ3v) is 5.57. The van der Waals surface area contributed by atoms with Gasteiger partial charge in [0.25, 0.3) is 0 Å². The van der Waals surface area contributed by atoms with Crippen molar-refractivity contribution in [2.24, 2.45) is 0 Å². The van der Waals surface area contributed by atoms with E-state index in [2.05, 4.69) is 15.7 Å². The van der Waals surface area contributed by atoms with Crippen molar-refractivity contribution >= 4 is 5.97 Å². The Hall–Kier alpha value is -2.14. The van der Waals surface area contributed by atoms with E-state index in [9.17, 15) is 4.79 Å². The van der Waals surface area contributed by atoms with Crippen LogP contribution in [0.1, 0.15) is 59.0 Å². The Morgan fingerprint density at radius 1 is 1.20 bits per heavy atom. The first-order valence-corrected chi connectivity index (χ1v) is 9.29. The van der Waals surface area contributed by atoms with Crippen LogP contribution < -0.4 is 0 Å². The molecule has 132 valence electrons. The molecule has 5 heteroatoms. The normalized spacial score (nSPS) is 18.9. The standard InChI is InChI=1S/C20H25N3O2/c24-20(25)17-5-3-4-15(12-17)14-22-10-7-16(8-11-22)19-21-13-18-6-1-2-9-23(18)19/h3-5,12-13,16H,1-2,6-11,14H2,(H,24,25). The summed E-state index contributed by atoms with van der Waals surface area (Å²) in [4.78, 5) is 18.3. The van der Waals surface area contributed by atoms with Crippen LogP contribution in [0.4, 0.5) is 0 Å². The van der Waals surface area contributed by atoms with Crippen LogP contribution in [0.5, 0.6) is 0 Å². The fraction of sp³-hybridized carbons (Fsp3) is 0.500. The highest BCUT2D eigenvalue weighted by Crippen LogP contribution is 2.30. The molecular weight excluding hydrogens is 314 g/mol. The van der Waals surface area contributed by atoms with E-state index in [0.717, 1.165) is 44.6 Å². The van der Waals surface area contributed by atoms with Gasteiger partial charge < -0.3 is 9.67 Å². The number of carbonyl (C=O) groups is 1. The fourth-order valence-electron chi connectivity index (χ4n) is 4.20. The summed E-state index contributed by atoms with van der Waals surface area (Å²) in [5.41, 5.74) is 2.86. The number of likely N-dealkylation sites (tertiary alicyclic amines) is 1. The fourth-order valence-corrected chi connectivity index (χ4v) is 4.20. The molecule has 1 aromatic carbocycles. The van der Waals surface area contributed by atoms with Crippen molar-refractivity contribution in [1.82, 2.24) is 14.5 Å². The van der Waals surface area contributed by atoms with Gasteiger partial charge in [0.15, 0.2) is 0 Å². The number of hydrogen-bond donors (Lipinski definition) is 1. The summed E-state index contributed by atoms with van der Waals surface area (Å²) in [6.45, 7) is 4.05. The maximum atomic E-state index is 11.1. The molecule has 1 aromatic heterocycles. The molecule has 0 atom stereocenters. The summed E-state index contributed by atoms with van der Waals surface area (Å²) < 4.78 is 2.46. The molecule has 0 amide bonds. The van der Waals surface area contributed by atoms with Crippen LogP contribution in [0.25, 0.3) is 0 Å². The van der Waals surface area contributed by atoms with Crippen LogP contribution in [-0.2, 0) is 19.5 Å². The number of fused-ring (bicyclic) bond motifs is 1. The molecule has 0 unspecified atom stereocenters. The van der Waals surface area contributed by atoms with Crippen molar-refractivity contribution in [3.05, 3.63) is 53.1 Å². The van der Waals surface area contributed by atoms with Gasteiger partial charge in [0.05, 0.1) is 5.56 Å². The van der Waals surface area contributed by atoms with Gasteiger partial charge in [0.1, 0.15) is 5.82 Å². The number of rotatable bonds is 4. The highest BCUT2D eigenvalue weighted by molar-refractivity contribution is 5.87. The zero-order valence-electron chi connectivity index (χ0n) is 14.5. The Morgan fingerprint density at radius 2 is 2.04 bits per heavy atom. The van der Waals surface area contributed by atoms with Gasteiger partial charge >= 0.3 is 5.97 Å². The monoisotopic (exact) mass is 339 g/mol. The molecule has 1 N–H and O–H groups in total. The summed E-state index contributed by atoms with van der Waals surface area (Å²) in [5.74, 6) is 1.00. The van der Waals surface area contributed by atoms with Gasteiger partial charge in [-0.2, -0.15) is 0 Å². The van der Waals surface area contributed by atoms with E-state index in [-0.39, 0.29) is 0 Å². The Bertz CT molecular complexity index is 760. The third kappa shape index (κ3) is 3.47. The first-order valence-electron chi connectivity index (χ1n) is 9.29. The molecule has 0 saturated carbocycles. The predicted molar refractivity (Wildman–Crippen MR) is 95.8 cm³/mol. The maximum Gasteiger partial charge on any atom is 0.335 e. The van der Waals surface area contributed by atoms with Gasteiger partial charge in [-0.1, -0.05) is 12.1 Å². The SMILES string of the molecule is O=C(O)c1cccc(CN2CCC(c3ncc4n3CCCC4)CC2)c1. The minimum Gasteiger partial charge on any atom is -0.478 e. The number of aromatic carboxylic acids is 1. The zero-order chi connectivity index (χ0) is 17.2. The van der Waals surface area contributed by atoms with E-state index in [4.69, 9.17) is 10.1 Å². The van der Waals surface area contributed by atoms with E-state index in [1.165, 1.54) is 30.8 Å². The Kier molecular flexibility index (Phi) is 4.57. The molecule has 25 heavy (non-hydrogen) atoms. The number of aryl methyl sites for hydroxylation is 1. The number of nitrogens with zero attached hydrogens (tertiary/aromatic N) is 3. The van der Waals surface area contributed by atoms with Crippen molar-refractivity contribution in [1.29, 1.82) is 0 Å². The molecule has 2 aromatic rings. The first kappa shape index (κ1) is 16.3. The highest BCUT2D eigenvalue weighted by Gasteiger charge is 2.26. The second-order valence-corrected chi connectivity index (χ2v) is 7.27. The van der Waals surface area contributed by atoms with Crippen LogP contribution in [0.15, 0.2) is 30.5 Å². The van der Waals surface area contributed by atoms with Crippen LogP contribution >= 0.6 is 0 Å². The molecule has 0 bridgehead atoms. The second-order valence-electron chi connectivity index (χ2n) is 7.27. The van der Waals surface area contributed by atoms with E-state index in [1.807, 2.05) is 12.1 Å². The zero-order valence-corrected chi connectivity index (χ0v) is 14.5. The Morgan fingerprint density at radius 3 is 2.84 bits per heavy atom. The van der Waals surface area contributed by atoms with E-state index in [1.54, 1.807) is 12.1 Å². The van der Waals surface area contributed by atoms with Gasteiger partial charge in [0.2, 0.25) is 0 Å². The molecule has 0 radical (unpaired) electrons. The number of carboxylic acid groups (broad SMARTS) is 1. The van der Waals surface area contributed by atoms with Crippen LogP contribution in [0.3, 0.4) is 0 Å². The molecule has 0 spiro atoms. The molecule has 1 fully saturated rings. The van der Waals surface area contributed by atoms with Crippen molar-refractivity contribution in [3.8, 4) is 0 Å². The lowest BCUT2D eigenvalue weighted by molar-refractivity contribution is 0.0696. The molecule has 3 heterocycles. The van der Waals surface area contributed by atoms with Crippen molar-refractivity contribution in [2.75, 3.05) is 13.1 Å². The van der Waals surface area contributed by atoms with Crippen molar-refractivity contribution < 1.29 is 9.90 Å². The minimum atomic E-state index is -0.857. The van der Waals surface area contributed by atoms with Crippen LogP contribution in [-0.4, -0.2) is 38.6 Å². The summed E-state index contributed by atoms with van der Waals surface area (Å²) in [6.07, 6.45) is 8.09. The van der Waals surface area contributed by atoms with Crippen LogP contribution in [0, 0.1) is 0 Å². The van der Waals surface area contributed by atoms with Crippen LogP contribution in [0.2, 0.25) is 0 Å². The number of carboxylic acids is 1. The molecule has 1 saturated heterocycles. The second kappa shape index (κ2) is 7.00. The first-order chi connectivity index (χ1) is 12.2. The number of hydrogen-bond acceptors (Lipinski definition) is 3. The Balaban J connectivity index is 1.38. The van der Waals surface area contributed by atoms with E-state index in [0.29, 0.717) is 11.5 Å². The maximum absolute atomic E-state index is 11.1. The van der Waals surface area contributed by atoms with Gasteiger partial charge in [-0.25, -0.2) is 9.78 Å². The average molecular weight is 339 g/mol. The minimum absolute atomic E-state index is 0.372. The third-order valence-electron chi connectivity index (χ3n) is 5.57. The lowest BCUT2D eigenvalue weighted by atomic mass is 9.95. The van der Waals surface area contributed by atoms with Gasteiger partial charge in [0, 0.05) is 30.9 Å². The smallest absolute Gasteiger partial charge is 0.335 e. The predicted octanol–water partition coefficient (Wildman–Crippen LogP) is 3.30.